The standard InChI is InChI=1S/C25H25N5O4/c1-34-19-11-9-18(10-12-19)30-23-20(22(27-30)24(26)32)13-15-29(25(23)33)17-7-5-16(6-8-17)28-14-3-2-4-21(28)31/h5-12H,2-4,13-15H2,1H3,(H2,26,32)/i2D2,3D2,4D2,5D,6D,7D,8D,9D,10D,11D,12D,14D2,15D2. The zero-order valence-corrected chi connectivity index (χ0v) is 17.2. The molecule has 0 radical (unpaired) electrons. The van der Waals surface area contributed by atoms with Crippen LogP contribution in [0.5, 0.6) is 5.75 Å². The number of hydrogen-bond donors (Lipinski definition) is 1. The van der Waals surface area contributed by atoms with E-state index in [2.05, 4.69) is 5.10 Å². The van der Waals surface area contributed by atoms with Crippen LogP contribution in [0.25, 0.3) is 5.69 Å². The van der Waals surface area contributed by atoms with Gasteiger partial charge in [-0.25, -0.2) is 4.68 Å². The second-order valence-corrected chi connectivity index (χ2v) is 6.63. The van der Waals surface area contributed by atoms with Crippen LogP contribution in [-0.2, 0) is 11.2 Å². The molecule has 34 heavy (non-hydrogen) atoms. The molecule has 5 rings (SSSR count). The molecule has 0 bridgehead atoms. The highest BCUT2D eigenvalue weighted by molar-refractivity contribution is 6.09. The number of carbonyl (C=O) groups excluding carboxylic acids is 3. The molecule has 1 aromatic heterocycles. The van der Waals surface area contributed by atoms with Gasteiger partial charge in [0.15, 0.2) is 5.69 Å². The Morgan fingerprint density at radius 2 is 1.65 bits per heavy atom. The average molecular weight is 478 g/mol. The zero-order chi connectivity index (χ0) is 39.7. The minimum atomic E-state index is -3.88. The van der Waals surface area contributed by atoms with Crippen LogP contribution in [0.15, 0.2) is 48.3 Å². The van der Waals surface area contributed by atoms with E-state index in [9.17, 15) is 14.4 Å². The fourth-order valence-corrected chi connectivity index (χ4v) is 3.17. The highest BCUT2D eigenvalue weighted by Crippen LogP contribution is 2.31. The Bertz CT molecular complexity index is 2080. The number of hydrogen-bond acceptors (Lipinski definition) is 5. The van der Waals surface area contributed by atoms with E-state index in [1.807, 2.05) is 0 Å². The summed E-state index contributed by atoms with van der Waals surface area (Å²) < 4.78 is 156. The van der Waals surface area contributed by atoms with Gasteiger partial charge in [0.05, 0.1) is 26.5 Å². The van der Waals surface area contributed by atoms with E-state index in [1.54, 1.807) is 0 Å². The number of anilines is 2. The van der Waals surface area contributed by atoms with Crippen molar-refractivity contribution in [3.63, 3.8) is 0 Å². The van der Waals surface area contributed by atoms with Gasteiger partial charge in [-0.1, -0.05) is 0 Å². The first kappa shape index (κ1) is 9.25. The van der Waals surface area contributed by atoms with Crippen molar-refractivity contribution in [3.8, 4) is 11.4 Å². The molecule has 9 heteroatoms. The van der Waals surface area contributed by atoms with Crippen LogP contribution in [0, 0.1) is 0 Å². The van der Waals surface area contributed by atoms with Crippen molar-refractivity contribution in [2.75, 3.05) is 29.9 Å². The zero-order valence-electron chi connectivity index (χ0n) is 35.2. The first-order chi connectivity index (χ1) is 23.6. The molecule has 3 amide bonds. The van der Waals surface area contributed by atoms with E-state index in [4.69, 9.17) is 35.1 Å². The first-order valence-corrected chi connectivity index (χ1v) is 9.43. The van der Waals surface area contributed by atoms with Gasteiger partial charge in [-0.2, -0.15) is 5.10 Å². The summed E-state index contributed by atoms with van der Waals surface area (Å²) >= 11 is 0. The molecule has 2 aliphatic rings. The maximum Gasteiger partial charge on any atom is 0.277 e. The molecule has 1 fully saturated rings. The maximum atomic E-state index is 14.4. The van der Waals surface area contributed by atoms with Gasteiger partial charge in [-0.05, 0) is 67.5 Å². The second kappa shape index (κ2) is 8.66. The quantitative estimate of drug-likeness (QED) is 0.607. The molecule has 3 heterocycles. The monoisotopic (exact) mass is 477 g/mol. The number of nitrogens with zero attached hydrogens (tertiary/aromatic N) is 4. The van der Waals surface area contributed by atoms with Crippen LogP contribution >= 0.6 is 0 Å². The van der Waals surface area contributed by atoms with Gasteiger partial charge in [-0.3, -0.25) is 14.4 Å². The maximum absolute atomic E-state index is 14.4. The number of benzene rings is 2. The normalized spacial score (nSPS) is 31.0. The van der Waals surface area contributed by atoms with E-state index in [-0.39, 0.29) is 9.80 Å². The summed E-state index contributed by atoms with van der Waals surface area (Å²) in [7, 11) is 1.07. The summed E-state index contributed by atoms with van der Waals surface area (Å²) in [6.45, 7) is -6.93. The molecule has 0 atom stereocenters. The number of nitrogens with two attached hydrogens (primary N) is 1. The molecule has 0 aliphatic carbocycles. The third kappa shape index (κ3) is 3.68. The molecule has 0 unspecified atom stereocenters. The molecular weight excluding hydrogens is 434 g/mol. The molecule has 1 saturated heterocycles. The predicted molar refractivity (Wildman–Crippen MR) is 127 cm³/mol. The van der Waals surface area contributed by atoms with Crippen LogP contribution in [-0.4, -0.2) is 47.6 Å². The topological polar surface area (TPSA) is 111 Å². The fraction of sp³-hybridized carbons (Fsp3) is 0.280. The van der Waals surface area contributed by atoms with Crippen molar-refractivity contribution in [2.45, 2.75) is 25.5 Å². The third-order valence-electron chi connectivity index (χ3n) is 4.69. The highest BCUT2D eigenvalue weighted by Gasteiger charge is 2.34. The third-order valence-corrected chi connectivity index (χ3v) is 4.69. The summed E-state index contributed by atoms with van der Waals surface area (Å²) in [5.74, 6) is -5.49. The number of carbonyl (C=O) groups is 3. The van der Waals surface area contributed by atoms with Gasteiger partial charge in [0.1, 0.15) is 11.4 Å². The number of rotatable bonds is 5. The number of primary amides is 1. The highest BCUT2D eigenvalue weighted by atomic mass is 16.5. The van der Waals surface area contributed by atoms with Crippen molar-refractivity contribution >= 4 is 29.1 Å². The number of amides is 3. The Balaban J connectivity index is 1.80. The molecule has 174 valence electrons. The van der Waals surface area contributed by atoms with Crippen molar-refractivity contribution < 1.29 is 43.8 Å². The molecule has 9 nitrogen and oxygen atoms in total. The van der Waals surface area contributed by atoms with E-state index in [0.29, 0.717) is 4.68 Å². The Hall–Kier alpha value is -4.14. The van der Waals surface area contributed by atoms with E-state index < -0.39 is 144 Å². The van der Waals surface area contributed by atoms with Crippen LogP contribution in [0.3, 0.4) is 0 Å². The number of aromatic nitrogens is 2. The van der Waals surface area contributed by atoms with E-state index >= 15 is 0 Å². The number of piperidine rings is 1. The summed E-state index contributed by atoms with van der Waals surface area (Å²) in [6, 6.07) is -8.67. The van der Waals surface area contributed by atoms with Gasteiger partial charge in [0.25, 0.3) is 11.8 Å². The smallest absolute Gasteiger partial charge is 0.277 e. The largest absolute Gasteiger partial charge is 0.497 e. The Labute approximate surface area is 222 Å². The van der Waals surface area contributed by atoms with Crippen LogP contribution in [0.2, 0.25) is 0 Å². The van der Waals surface area contributed by atoms with Crippen LogP contribution < -0.4 is 20.3 Å². The Morgan fingerprint density at radius 3 is 2.29 bits per heavy atom. The lowest BCUT2D eigenvalue weighted by Gasteiger charge is -2.29. The predicted octanol–water partition coefficient (Wildman–Crippen LogP) is 2.70. The molecular formula is C25H25N5O4. The van der Waals surface area contributed by atoms with E-state index in [1.165, 1.54) is 0 Å². The fourth-order valence-electron chi connectivity index (χ4n) is 3.17. The number of methoxy groups -OCH3 is 1. The van der Waals surface area contributed by atoms with Gasteiger partial charge in [0.2, 0.25) is 5.91 Å². The lowest BCUT2D eigenvalue weighted by molar-refractivity contribution is -0.119. The number of fused-ring (bicyclic) bond motifs is 1. The Morgan fingerprint density at radius 1 is 1.00 bits per heavy atom. The van der Waals surface area contributed by atoms with Crippen molar-refractivity contribution in [1.82, 2.24) is 9.78 Å². The SMILES string of the molecule is [2H]c1c([2H])c(-n2nc(C(N)=O)c3c2C(=O)N(c2c([2H])c([2H])c(N4C(=O)C([2H])([2H])C([2H])([2H])C([2H])([2H])C4([2H])[2H])c([2H])c2[2H])C([2H])([2H])C3)c([2H])c([2H])c1OC. The molecule has 0 saturated carbocycles. The number of ether oxygens (including phenoxy) is 1. The molecule has 0 spiro atoms. The summed E-state index contributed by atoms with van der Waals surface area (Å²) in [6.07, 6.45) is -12.5. The van der Waals surface area contributed by atoms with Gasteiger partial charge >= 0.3 is 0 Å². The lowest BCUT2D eigenvalue weighted by Crippen LogP contribution is -2.39. The van der Waals surface area contributed by atoms with Crippen molar-refractivity contribution in [2.24, 2.45) is 5.73 Å². The molecule has 2 aromatic carbocycles. The Kier molecular flexibility index (Phi) is 2.36. The van der Waals surface area contributed by atoms with Gasteiger partial charge in [-0.15, -0.1) is 0 Å². The van der Waals surface area contributed by atoms with Crippen LogP contribution in [0.1, 0.15) is 70.3 Å². The van der Waals surface area contributed by atoms with Gasteiger partial charge in [0, 0.05) is 47.3 Å². The summed E-state index contributed by atoms with van der Waals surface area (Å²) in [4.78, 5) is 39.8. The minimum absolute atomic E-state index is 0.0899. The second-order valence-electron chi connectivity index (χ2n) is 6.63. The lowest BCUT2D eigenvalue weighted by atomic mass is 10.0. The molecule has 2 N–H and O–H groups in total. The van der Waals surface area contributed by atoms with Crippen LogP contribution in [0.4, 0.5) is 11.4 Å². The van der Waals surface area contributed by atoms with E-state index in [0.717, 1.165) is 7.11 Å². The minimum Gasteiger partial charge on any atom is -0.497 e. The summed E-state index contributed by atoms with van der Waals surface area (Å²) in [5.41, 5.74) is 0.157. The van der Waals surface area contributed by atoms with Crippen molar-refractivity contribution in [1.29, 1.82) is 0 Å². The summed E-state index contributed by atoms with van der Waals surface area (Å²) in [5, 5.41) is 3.91. The van der Waals surface area contributed by atoms with Crippen molar-refractivity contribution in [3.05, 3.63) is 65.3 Å². The molecule has 3 aromatic rings. The van der Waals surface area contributed by atoms with Gasteiger partial charge < -0.3 is 20.3 Å². The first-order valence-electron chi connectivity index (χ1n) is 18.4. The molecule has 2 aliphatic heterocycles. The average Bonchev–Trinajstić information content (AvgIpc) is 3.40.